The lowest BCUT2D eigenvalue weighted by molar-refractivity contribution is 0.0895. The number of hydrogen-bond acceptors (Lipinski definition) is 5. The first-order valence-electron chi connectivity index (χ1n) is 5.90. The van der Waals surface area contributed by atoms with Gasteiger partial charge in [0.1, 0.15) is 5.82 Å². The largest absolute Gasteiger partial charge is 0.396 e. The van der Waals surface area contributed by atoms with Gasteiger partial charge in [0.05, 0.1) is 6.04 Å². The van der Waals surface area contributed by atoms with Gasteiger partial charge in [-0.3, -0.25) is 4.57 Å². The van der Waals surface area contributed by atoms with Gasteiger partial charge in [0.2, 0.25) is 0 Å². The molecule has 0 amide bonds. The minimum Gasteiger partial charge on any atom is -0.396 e. The van der Waals surface area contributed by atoms with Crippen LogP contribution >= 0.6 is 0 Å². The van der Waals surface area contributed by atoms with Crippen LogP contribution in [0.3, 0.4) is 0 Å². The van der Waals surface area contributed by atoms with Crippen molar-refractivity contribution < 1.29 is 10.2 Å². The lowest BCUT2D eigenvalue weighted by Crippen LogP contribution is -2.37. The highest BCUT2D eigenvalue weighted by molar-refractivity contribution is 5.24. The summed E-state index contributed by atoms with van der Waals surface area (Å²) in [5.41, 5.74) is 5.00. The molecule has 6 nitrogen and oxygen atoms in total. The van der Waals surface area contributed by atoms with Crippen molar-refractivity contribution in [2.75, 3.05) is 18.9 Å². The van der Waals surface area contributed by atoms with Crippen LogP contribution < -0.4 is 11.4 Å². The monoisotopic (exact) mass is 251 g/mol. The summed E-state index contributed by atoms with van der Waals surface area (Å²) in [6.07, 6.45) is 6.06. The molecule has 0 aliphatic heterocycles. The summed E-state index contributed by atoms with van der Waals surface area (Å²) in [5, 5.41) is 18.8. The molecule has 1 aliphatic rings. The molecule has 0 unspecified atom stereocenters. The van der Waals surface area contributed by atoms with Crippen molar-refractivity contribution in [1.29, 1.82) is 0 Å². The van der Waals surface area contributed by atoms with Crippen molar-refractivity contribution in [2.24, 2.45) is 11.8 Å². The number of aliphatic hydroxyl groups excluding tert-OH is 2. The van der Waals surface area contributed by atoms with Gasteiger partial charge in [-0.2, -0.15) is 4.98 Å². The van der Waals surface area contributed by atoms with E-state index in [9.17, 15) is 15.0 Å². The number of aromatic nitrogens is 2. The molecule has 1 heterocycles. The third-order valence-corrected chi connectivity index (χ3v) is 3.43. The van der Waals surface area contributed by atoms with Gasteiger partial charge in [0.25, 0.3) is 0 Å². The number of aliphatic hydroxyl groups is 2. The quantitative estimate of drug-likeness (QED) is 0.631. The van der Waals surface area contributed by atoms with Crippen molar-refractivity contribution in [3.8, 4) is 0 Å². The van der Waals surface area contributed by atoms with Crippen LogP contribution in [-0.2, 0) is 0 Å². The highest BCUT2D eigenvalue weighted by Gasteiger charge is 2.31. The highest BCUT2D eigenvalue weighted by Crippen LogP contribution is 2.32. The molecule has 0 bridgehead atoms. The van der Waals surface area contributed by atoms with Gasteiger partial charge in [-0.1, -0.05) is 12.2 Å². The zero-order chi connectivity index (χ0) is 13.1. The van der Waals surface area contributed by atoms with Crippen molar-refractivity contribution >= 4 is 5.82 Å². The molecule has 0 aromatic carbocycles. The van der Waals surface area contributed by atoms with Crippen LogP contribution in [0.4, 0.5) is 5.82 Å². The van der Waals surface area contributed by atoms with E-state index in [1.54, 1.807) is 12.3 Å². The number of nitrogens with zero attached hydrogens (tertiary/aromatic N) is 2. The Balaban J connectivity index is 2.39. The number of hydrogen-bond donors (Lipinski definition) is 3. The van der Waals surface area contributed by atoms with Crippen LogP contribution in [0.15, 0.2) is 29.2 Å². The minimum atomic E-state index is -0.443. The average Bonchev–Trinajstić information content (AvgIpc) is 2.37. The first kappa shape index (κ1) is 12.8. The predicted octanol–water partition coefficient (Wildman–Crippen LogP) is -0.457. The summed E-state index contributed by atoms with van der Waals surface area (Å²) in [4.78, 5) is 15.5. The molecule has 0 fully saturated rings. The first-order chi connectivity index (χ1) is 8.67. The van der Waals surface area contributed by atoms with Crippen LogP contribution in [0.25, 0.3) is 0 Å². The summed E-state index contributed by atoms with van der Waals surface area (Å²) in [7, 11) is 0. The fraction of sp³-hybridized carbons (Fsp3) is 0.500. The lowest BCUT2D eigenvalue weighted by Gasteiger charge is -2.33. The standard InChI is InChI=1S/C12H17N3O3/c13-11-4-5-15(12(18)14-11)10-3-1-2-8(6-16)9(10)7-17/h1,3-5,8-10,16-17H,2,6-7H2,(H2,13,14,18)/t8-,9-,10+/m1/s1. The predicted molar refractivity (Wildman–Crippen MR) is 66.9 cm³/mol. The van der Waals surface area contributed by atoms with Crippen molar-refractivity contribution in [1.82, 2.24) is 9.55 Å². The molecule has 6 heteroatoms. The van der Waals surface area contributed by atoms with Crippen LogP contribution in [0.5, 0.6) is 0 Å². The maximum absolute atomic E-state index is 11.8. The van der Waals surface area contributed by atoms with Gasteiger partial charge in [0.15, 0.2) is 0 Å². The van der Waals surface area contributed by atoms with E-state index in [4.69, 9.17) is 5.73 Å². The zero-order valence-electron chi connectivity index (χ0n) is 9.94. The highest BCUT2D eigenvalue weighted by atomic mass is 16.3. The van der Waals surface area contributed by atoms with E-state index in [1.807, 2.05) is 12.2 Å². The molecule has 4 N–H and O–H groups in total. The van der Waals surface area contributed by atoms with E-state index in [0.717, 1.165) is 0 Å². The lowest BCUT2D eigenvalue weighted by atomic mass is 9.80. The molecule has 2 rings (SSSR count). The Morgan fingerprint density at radius 1 is 1.44 bits per heavy atom. The van der Waals surface area contributed by atoms with Crippen molar-refractivity contribution in [3.63, 3.8) is 0 Å². The van der Waals surface area contributed by atoms with Crippen molar-refractivity contribution in [2.45, 2.75) is 12.5 Å². The topological polar surface area (TPSA) is 101 Å². The molecule has 0 radical (unpaired) electrons. The maximum Gasteiger partial charge on any atom is 0.350 e. The van der Waals surface area contributed by atoms with Crippen LogP contribution in [0.1, 0.15) is 12.5 Å². The number of anilines is 1. The Morgan fingerprint density at radius 3 is 2.83 bits per heavy atom. The van der Waals surface area contributed by atoms with E-state index >= 15 is 0 Å². The Morgan fingerprint density at radius 2 is 2.22 bits per heavy atom. The van der Waals surface area contributed by atoms with Gasteiger partial charge in [0, 0.05) is 25.3 Å². The second-order valence-electron chi connectivity index (χ2n) is 4.49. The molecular weight excluding hydrogens is 234 g/mol. The molecule has 0 spiro atoms. The molecule has 3 atom stereocenters. The number of nitrogen functional groups attached to an aromatic ring is 1. The van der Waals surface area contributed by atoms with E-state index < -0.39 is 5.69 Å². The van der Waals surface area contributed by atoms with Gasteiger partial charge in [-0.25, -0.2) is 4.79 Å². The van der Waals surface area contributed by atoms with Crippen LogP contribution in [-0.4, -0.2) is 33.0 Å². The van der Waals surface area contributed by atoms with Gasteiger partial charge in [-0.15, -0.1) is 0 Å². The first-order valence-corrected chi connectivity index (χ1v) is 5.90. The fourth-order valence-electron chi connectivity index (χ4n) is 2.41. The molecule has 98 valence electrons. The molecule has 18 heavy (non-hydrogen) atoms. The number of nitrogens with two attached hydrogens (primary N) is 1. The van der Waals surface area contributed by atoms with E-state index in [0.29, 0.717) is 6.42 Å². The Kier molecular flexibility index (Phi) is 3.78. The number of allylic oxidation sites excluding steroid dienone is 2. The molecule has 1 aromatic rings. The summed E-state index contributed by atoms with van der Waals surface area (Å²) in [6, 6.07) is 1.26. The summed E-state index contributed by atoms with van der Waals surface area (Å²) >= 11 is 0. The zero-order valence-corrected chi connectivity index (χ0v) is 9.94. The minimum absolute atomic E-state index is 0.0107. The SMILES string of the molecule is Nc1ccn([C@H]2C=CC[C@H](CO)[C@H]2CO)c(=O)n1. The fourth-order valence-corrected chi connectivity index (χ4v) is 2.41. The van der Waals surface area contributed by atoms with Gasteiger partial charge in [-0.05, 0) is 18.4 Å². The summed E-state index contributed by atoms with van der Waals surface area (Å²) < 4.78 is 1.44. The third kappa shape index (κ3) is 2.30. The van der Waals surface area contributed by atoms with E-state index in [2.05, 4.69) is 4.98 Å². The molecular formula is C12H17N3O3. The van der Waals surface area contributed by atoms with Gasteiger partial charge >= 0.3 is 5.69 Å². The van der Waals surface area contributed by atoms with Crippen molar-refractivity contribution in [3.05, 3.63) is 34.9 Å². The summed E-state index contributed by atoms with van der Waals surface area (Å²) in [6.45, 7) is -0.0970. The Hall–Kier alpha value is -1.66. The van der Waals surface area contributed by atoms with Crippen LogP contribution in [0.2, 0.25) is 0 Å². The second kappa shape index (κ2) is 5.32. The Bertz CT molecular complexity index is 498. The van der Waals surface area contributed by atoms with Crippen LogP contribution in [0, 0.1) is 11.8 Å². The second-order valence-corrected chi connectivity index (χ2v) is 4.49. The van der Waals surface area contributed by atoms with Gasteiger partial charge < -0.3 is 15.9 Å². The molecule has 0 saturated carbocycles. The number of rotatable bonds is 3. The Labute approximate surface area is 104 Å². The third-order valence-electron chi connectivity index (χ3n) is 3.43. The maximum atomic E-state index is 11.8. The normalized spacial score (nSPS) is 27.3. The smallest absolute Gasteiger partial charge is 0.350 e. The average molecular weight is 251 g/mol. The van der Waals surface area contributed by atoms with E-state index in [-0.39, 0.29) is 36.9 Å². The molecule has 0 saturated heterocycles. The summed E-state index contributed by atoms with van der Waals surface area (Å²) in [5.74, 6) is -0.0622. The molecule has 1 aromatic heterocycles. The molecule has 1 aliphatic carbocycles. The van der Waals surface area contributed by atoms with E-state index in [1.165, 1.54) is 4.57 Å².